The molecule has 2 aromatic carbocycles. The van der Waals surface area contributed by atoms with Gasteiger partial charge in [-0.15, -0.1) is 0 Å². The Labute approximate surface area is 185 Å². The Morgan fingerprint density at radius 1 is 1.26 bits per heavy atom. The smallest absolute Gasteiger partial charge is 0.234 e. The number of allylic oxidation sites excluding steroid dienone is 1. The van der Waals surface area contributed by atoms with Crippen molar-refractivity contribution in [2.75, 3.05) is 24.8 Å². The average molecular weight is 438 g/mol. The van der Waals surface area contributed by atoms with Gasteiger partial charge in [0.1, 0.15) is 11.5 Å². The summed E-state index contributed by atoms with van der Waals surface area (Å²) in [6.07, 6.45) is 0.178. The first-order valence-electron chi connectivity index (χ1n) is 9.77. The number of amides is 2. The van der Waals surface area contributed by atoms with Gasteiger partial charge < -0.3 is 20.1 Å². The van der Waals surface area contributed by atoms with Crippen LogP contribution >= 0.6 is 11.8 Å². The van der Waals surface area contributed by atoms with Crippen molar-refractivity contribution in [3.63, 3.8) is 0 Å². The van der Waals surface area contributed by atoms with Gasteiger partial charge in [-0.25, -0.2) is 0 Å². The lowest BCUT2D eigenvalue weighted by atomic mass is 9.87. The highest BCUT2D eigenvalue weighted by molar-refractivity contribution is 8.03. The van der Waals surface area contributed by atoms with Crippen molar-refractivity contribution in [2.45, 2.75) is 19.3 Å². The predicted octanol–water partition coefficient (Wildman–Crippen LogP) is 3.80. The highest BCUT2D eigenvalue weighted by atomic mass is 32.2. The number of thioether (sulfide) groups is 1. The van der Waals surface area contributed by atoms with Crippen LogP contribution in [0.5, 0.6) is 11.5 Å². The Bertz CT molecular complexity index is 1030. The van der Waals surface area contributed by atoms with Crippen molar-refractivity contribution in [3.05, 3.63) is 64.7 Å². The second kappa shape index (κ2) is 10.5. The van der Waals surface area contributed by atoms with Crippen LogP contribution in [-0.2, 0) is 9.59 Å². The molecule has 1 aliphatic heterocycles. The highest BCUT2D eigenvalue weighted by Crippen LogP contribution is 2.36. The minimum atomic E-state index is -0.363. The zero-order valence-electron chi connectivity index (χ0n) is 17.3. The molecule has 0 saturated carbocycles. The fraction of sp³-hybridized carbons (Fsp3) is 0.261. The Hall–Kier alpha value is -3.44. The Kier molecular flexibility index (Phi) is 7.57. The van der Waals surface area contributed by atoms with E-state index in [9.17, 15) is 14.9 Å². The SMILES string of the molecule is CCOc1ccc(C2CC(=O)NC(SCC(=O)Nc3cccc(OC)c3)=C2C#N)cc1. The molecule has 0 spiro atoms. The summed E-state index contributed by atoms with van der Waals surface area (Å²) in [4.78, 5) is 24.7. The number of rotatable bonds is 8. The summed E-state index contributed by atoms with van der Waals surface area (Å²) in [5.74, 6) is 0.622. The summed E-state index contributed by atoms with van der Waals surface area (Å²) in [5.41, 5.74) is 1.91. The van der Waals surface area contributed by atoms with Crippen molar-refractivity contribution >= 4 is 29.3 Å². The molecular weight excluding hydrogens is 414 g/mol. The van der Waals surface area contributed by atoms with E-state index < -0.39 is 0 Å². The highest BCUT2D eigenvalue weighted by Gasteiger charge is 2.29. The van der Waals surface area contributed by atoms with E-state index in [4.69, 9.17) is 9.47 Å². The van der Waals surface area contributed by atoms with Crippen molar-refractivity contribution < 1.29 is 19.1 Å². The molecule has 8 heteroatoms. The van der Waals surface area contributed by atoms with Crippen molar-refractivity contribution in [1.82, 2.24) is 5.32 Å². The van der Waals surface area contributed by atoms with E-state index in [1.165, 1.54) is 0 Å². The van der Waals surface area contributed by atoms with Gasteiger partial charge in [0, 0.05) is 24.1 Å². The van der Waals surface area contributed by atoms with Crippen LogP contribution in [0.4, 0.5) is 5.69 Å². The van der Waals surface area contributed by atoms with Crippen molar-refractivity contribution in [1.29, 1.82) is 5.26 Å². The van der Waals surface area contributed by atoms with E-state index >= 15 is 0 Å². The van der Waals surface area contributed by atoms with Gasteiger partial charge in [0.2, 0.25) is 11.8 Å². The molecule has 0 radical (unpaired) electrons. The van der Waals surface area contributed by atoms with Crippen LogP contribution in [0.25, 0.3) is 0 Å². The third kappa shape index (κ3) is 5.80. The first-order valence-corrected chi connectivity index (χ1v) is 10.8. The minimum absolute atomic E-state index is 0.0496. The number of hydrogen-bond donors (Lipinski definition) is 2. The van der Waals surface area contributed by atoms with E-state index in [1.54, 1.807) is 31.4 Å². The number of nitriles is 1. The Balaban J connectivity index is 1.72. The molecule has 7 nitrogen and oxygen atoms in total. The number of benzene rings is 2. The van der Waals surface area contributed by atoms with Gasteiger partial charge >= 0.3 is 0 Å². The van der Waals surface area contributed by atoms with Crippen molar-refractivity contribution in [3.8, 4) is 17.6 Å². The van der Waals surface area contributed by atoms with Crippen LogP contribution in [0, 0.1) is 11.3 Å². The van der Waals surface area contributed by atoms with Crippen LogP contribution in [-0.4, -0.2) is 31.3 Å². The standard InChI is InChI=1S/C23H23N3O4S/c1-3-30-17-9-7-15(8-10-17)19-12-21(27)26-23(20(19)13-24)31-14-22(28)25-16-5-4-6-18(11-16)29-2/h4-11,19H,3,12,14H2,1-2H3,(H,25,28)(H,26,27). The first-order chi connectivity index (χ1) is 15.0. The lowest BCUT2D eigenvalue weighted by Crippen LogP contribution is -2.31. The molecule has 1 heterocycles. The first kappa shape index (κ1) is 22.2. The normalized spacial score (nSPS) is 15.6. The summed E-state index contributed by atoms with van der Waals surface area (Å²) in [6, 6.07) is 16.6. The molecule has 1 atom stereocenters. The van der Waals surface area contributed by atoms with Gasteiger partial charge in [-0.05, 0) is 36.8 Å². The van der Waals surface area contributed by atoms with E-state index in [0.29, 0.717) is 28.6 Å². The molecule has 1 aliphatic rings. The fourth-order valence-corrected chi connectivity index (χ4v) is 4.09. The predicted molar refractivity (Wildman–Crippen MR) is 120 cm³/mol. The molecule has 0 bridgehead atoms. The number of ether oxygens (including phenoxy) is 2. The fourth-order valence-electron chi connectivity index (χ4n) is 3.22. The largest absolute Gasteiger partial charge is 0.497 e. The third-order valence-corrected chi connectivity index (χ3v) is 5.67. The van der Waals surface area contributed by atoms with Crippen LogP contribution in [0.1, 0.15) is 24.8 Å². The van der Waals surface area contributed by atoms with Gasteiger partial charge in [0.25, 0.3) is 0 Å². The van der Waals surface area contributed by atoms with E-state index in [0.717, 1.165) is 23.1 Å². The van der Waals surface area contributed by atoms with Crippen LogP contribution < -0.4 is 20.1 Å². The summed E-state index contributed by atoms with van der Waals surface area (Å²) in [7, 11) is 1.55. The number of hydrogen-bond acceptors (Lipinski definition) is 6. The molecule has 2 aromatic rings. The van der Waals surface area contributed by atoms with Gasteiger partial charge in [-0.1, -0.05) is 30.0 Å². The molecule has 160 valence electrons. The molecule has 31 heavy (non-hydrogen) atoms. The second-order valence-corrected chi connectivity index (χ2v) is 7.72. The molecular formula is C23H23N3O4S. The maximum absolute atomic E-state index is 12.4. The molecule has 0 saturated heterocycles. The average Bonchev–Trinajstić information content (AvgIpc) is 2.78. The van der Waals surface area contributed by atoms with Gasteiger partial charge in [0.05, 0.1) is 36.1 Å². The van der Waals surface area contributed by atoms with Crippen LogP contribution in [0.15, 0.2) is 59.1 Å². The number of nitrogens with one attached hydrogen (secondary N) is 2. The van der Waals surface area contributed by atoms with Crippen LogP contribution in [0.3, 0.4) is 0 Å². The molecule has 0 aliphatic carbocycles. The molecule has 0 aromatic heterocycles. The van der Waals surface area contributed by atoms with E-state index in [2.05, 4.69) is 16.7 Å². The zero-order valence-corrected chi connectivity index (χ0v) is 18.1. The van der Waals surface area contributed by atoms with Gasteiger partial charge in [-0.2, -0.15) is 5.26 Å². The Morgan fingerprint density at radius 3 is 2.71 bits per heavy atom. The quantitative estimate of drug-likeness (QED) is 0.651. The number of carbonyl (C=O) groups is 2. The van der Waals surface area contributed by atoms with E-state index in [-0.39, 0.29) is 29.9 Å². The topological polar surface area (TPSA) is 100 Å². The molecule has 3 rings (SSSR count). The lowest BCUT2D eigenvalue weighted by Gasteiger charge is -2.25. The number of methoxy groups -OCH3 is 1. The maximum atomic E-state index is 12.4. The Morgan fingerprint density at radius 2 is 2.03 bits per heavy atom. The van der Waals surface area contributed by atoms with Crippen molar-refractivity contribution in [2.24, 2.45) is 0 Å². The molecule has 2 N–H and O–H groups in total. The second-order valence-electron chi connectivity index (χ2n) is 6.73. The molecule has 0 fully saturated rings. The van der Waals surface area contributed by atoms with Crippen LogP contribution in [0.2, 0.25) is 0 Å². The summed E-state index contributed by atoms with van der Waals surface area (Å²) in [5, 5.41) is 15.7. The van der Waals surface area contributed by atoms with E-state index in [1.807, 2.05) is 31.2 Å². The lowest BCUT2D eigenvalue weighted by molar-refractivity contribution is -0.121. The number of carbonyl (C=O) groups excluding carboxylic acids is 2. The number of anilines is 1. The monoisotopic (exact) mass is 437 g/mol. The summed E-state index contributed by atoms with van der Waals surface area (Å²) in [6.45, 7) is 2.47. The minimum Gasteiger partial charge on any atom is -0.497 e. The third-order valence-electron chi connectivity index (χ3n) is 4.65. The summed E-state index contributed by atoms with van der Waals surface area (Å²) < 4.78 is 10.6. The number of nitrogens with zero attached hydrogens (tertiary/aromatic N) is 1. The van der Waals surface area contributed by atoms with Gasteiger partial charge in [-0.3, -0.25) is 9.59 Å². The summed E-state index contributed by atoms with van der Waals surface area (Å²) >= 11 is 1.14. The van der Waals surface area contributed by atoms with Gasteiger partial charge in [0.15, 0.2) is 0 Å². The molecule has 1 unspecified atom stereocenters. The molecule has 2 amide bonds. The maximum Gasteiger partial charge on any atom is 0.234 e. The zero-order chi connectivity index (χ0) is 22.2.